The zero-order valence-electron chi connectivity index (χ0n) is 25.2. The molecule has 224 valence electrons. The first-order valence-corrected chi connectivity index (χ1v) is 16.0. The van der Waals surface area contributed by atoms with Gasteiger partial charge >= 0.3 is 5.97 Å². The van der Waals surface area contributed by atoms with Crippen LogP contribution in [0.25, 0.3) is 0 Å². The first-order valence-electron chi connectivity index (χ1n) is 14.3. The molecule has 0 saturated carbocycles. The van der Waals surface area contributed by atoms with E-state index < -0.39 is 56.4 Å². The minimum absolute atomic E-state index is 0.0563. The molecule has 1 unspecified atom stereocenters. The highest BCUT2D eigenvalue weighted by atomic mass is 32.2. The monoisotopic (exact) mass is 584 g/mol. The van der Waals surface area contributed by atoms with Crippen molar-refractivity contribution >= 4 is 21.7 Å². The fourth-order valence-corrected chi connectivity index (χ4v) is 8.38. The third kappa shape index (κ3) is 6.16. The molecule has 5 atom stereocenters. The van der Waals surface area contributed by atoms with Crippen LogP contribution in [0.4, 0.5) is 0 Å². The van der Waals surface area contributed by atoms with Gasteiger partial charge in [-0.1, -0.05) is 84.0 Å². The van der Waals surface area contributed by atoms with Crippen LogP contribution in [0.15, 0.2) is 48.5 Å². The molecule has 2 aliphatic heterocycles. The van der Waals surface area contributed by atoms with Gasteiger partial charge < -0.3 is 20.1 Å². The number of carboxylic acid groups (broad SMARTS) is 1. The molecule has 0 aliphatic carbocycles. The van der Waals surface area contributed by atoms with Crippen LogP contribution >= 0.6 is 0 Å². The van der Waals surface area contributed by atoms with Crippen molar-refractivity contribution in [1.82, 2.24) is 10.2 Å². The summed E-state index contributed by atoms with van der Waals surface area (Å²) >= 11 is 0. The van der Waals surface area contributed by atoms with Crippen molar-refractivity contribution in [2.24, 2.45) is 11.3 Å². The van der Waals surface area contributed by atoms with Crippen LogP contribution in [-0.4, -0.2) is 60.5 Å². The molecule has 2 aliphatic rings. The minimum Gasteiger partial charge on any atom is -0.496 e. The number of likely N-dealkylation sites (tertiary alicyclic amines) is 1. The Morgan fingerprint density at radius 3 is 2.22 bits per heavy atom. The highest BCUT2D eigenvalue weighted by Crippen LogP contribution is 2.49. The van der Waals surface area contributed by atoms with Gasteiger partial charge in [0.15, 0.2) is 9.84 Å². The lowest BCUT2D eigenvalue weighted by atomic mass is 9.72. The second-order valence-corrected chi connectivity index (χ2v) is 15.8. The van der Waals surface area contributed by atoms with Crippen LogP contribution in [0.3, 0.4) is 0 Å². The Balaban J connectivity index is 1.85. The first kappa shape index (κ1) is 31.0. The molecule has 2 heterocycles. The lowest BCUT2D eigenvalue weighted by molar-refractivity contribution is -0.152. The Kier molecular flexibility index (Phi) is 8.63. The van der Waals surface area contributed by atoms with Crippen LogP contribution in [-0.2, 0) is 31.4 Å². The van der Waals surface area contributed by atoms with Gasteiger partial charge in [-0.3, -0.25) is 4.79 Å². The molecule has 0 aromatic heterocycles. The number of carbonyl (C=O) groups excluding carboxylic acids is 1. The number of carbonyl (C=O) groups is 2. The second kappa shape index (κ2) is 11.4. The van der Waals surface area contributed by atoms with E-state index in [1.165, 1.54) is 4.90 Å². The van der Waals surface area contributed by atoms with E-state index in [2.05, 4.69) is 32.2 Å². The molecule has 0 bridgehead atoms. The third-order valence-electron chi connectivity index (χ3n) is 8.59. The van der Waals surface area contributed by atoms with Crippen LogP contribution in [0.1, 0.15) is 77.1 Å². The number of ether oxygens (including phenoxy) is 1. The van der Waals surface area contributed by atoms with E-state index in [1.54, 1.807) is 7.11 Å². The van der Waals surface area contributed by atoms with Crippen molar-refractivity contribution in [3.63, 3.8) is 0 Å². The topological polar surface area (TPSA) is 113 Å². The quantitative estimate of drug-likeness (QED) is 0.484. The van der Waals surface area contributed by atoms with Crippen molar-refractivity contribution in [2.45, 2.75) is 89.7 Å². The summed E-state index contributed by atoms with van der Waals surface area (Å²) in [6, 6.07) is 13.1. The number of hydrogen-bond donors (Lipinski definition) is 2. The van der Waals surface area contributed by atoms with Crippen molar-refractivity contribution in [2.75, 3.05) is 12.9 Å². The Bertz CT molecular complexity index is 1380. The predicted octanol–water partition coefficient (Wildman–Crippen LogP) is 4.73. The number of methoxy groups -OCH3 is 1. The highest BCUT2D eigenvalue weighted by Gasteiger charge is 2.59. The number of hydrogen-bond acceptors (Lipinski definition) is 6. The zero-order valence-corrected chi connectivity index (χ0v) is 26.0. The highest BCUT2D eigenvalue weighted by molar-refractivity contribution is 7.93. The maximum absolute atomic E-state index is 14.1. The van der Waals surface area contributed by atoms with Gasteiger partial charge in [-0.2, -0.15) is 0 Å². The summed E-state index contributed by atoms with van der Waals surface area (Å²) in [6.45, 7) is 12.7. The average Bonchev–Trinajstić information content (AvgIpc) is 3.43. The smallest absolute Gasteiger partial charge is 0.326 e. The van der Waals surface area contributed by atoms with Crippen molar-refractivity contribution in [3.05, 3.63) is 65.2 Å². The van der Waals surface area contributed by atoms with E-state index in [9.17, 15) is 23.1 Å². The lowest BCUT2D eigenvalue weighted by Gasteiger charge is -2.35. The van der Waals surface area contributed by atoms with E-state index in [-0.39, 0.29) is 17.6 Å². The number of aliphatic carboxylic acids is 1. The van der Waals surface area contributed by atoms with Crippen molar-refractivity contribution in [1.29, 1.82) is 0 Å². The van der Waals surface area contributed by atoms with Gasteiger partial charge in [0.05, 0.1) is 18.9 Å². The number of nitrogens with one attached hydrogen (secondary N) is 1. The molecule has 9 heteroatoms. The van der Waals surface area contributed by atoms with Gasteiger partial charge in [0.25, 0.3) is 0 Å². The molecule has 4 rings (SSSR count). The van der Waals surface area contributed by atoms with Crippen molar-refractivity contribution in [3.8, 4) is 5.75 Å². The average molecular weight is 585 g/mol. The molecule has 0 radical (unpaired) electrons. The Morgan fingerprint density at radius 2 is 1.71 bits per heavy atom. The normalized spacial score (nSPS) is 26.2. The summed E-state index contributed by atoms with van der Waals surface area (Å²) in [7, 11) is -2.03. The number of sulfone groups is 1. The van der Waals surface area contributed by atoms with Crippen LogP contribution in [0, 0.1) is 11.3 Å². The van der Waals surface area contributed by atoms with Gasteiger partial charge in [-0.15, -0.1) is 0 Å². The largest absolute Gasteiger partial charge is 0.496 e. The second-order valence-electron chi connectivity index (χ2n) is 13.5. The molecule has 0 spiro atoms. The standard InChI is InChI=1S/C32H44N2O6S/c1-31(2,3)22-15-16-23(40-7)21(18-22)19-33-26-25(32(4,5)6)28(30(36)37)34(27(26)20-12-9-8-10-13-20)29(35)24-14-11-17-41(24,38)39/h8-10,12-13,15-16,18,24-28,33H,11,14,17,19H2,1-7H3,(H,36,37)/t24?,25-,26-,27-,28-/m0/s1. The van der Waals surface area contributed by atoms with Gasteiger partial charge in [-0.25, -0.2) is 13.2 Å². The molecule has 2 aromatic rings. The Hall–Kier alpha value is -2.91. The van der Waals surface area contributed by atoms with Gasteiger partial charge in [0.2, 0.25) is 5.91 Å². The number of amides is 1. The molecular formula is C32H44N2O6S. The SMILES string of the molecule is COc1ccc(C(C)(C)C)cc1CN[C@H]1[C@H](C(C)(C)C)[C@@H](C(=O)O)N(C(=O)C2CCCS2(=O)=O)[C@H]1c1ccccc1. The van der Waals surface area contributed by atoms with Crippen molar-refractivity contribution < 1.29 is 27.9 Å². The Labute approximate surface area is 244 Å². The van der Waals surface area contributed by atoms with Crippen LogP contribution in [0.5, 0.6) is 5.75 Å². The lowest BCUT2D eigenvalue weighted by Crippen LogP contribution is -2.51. The van der Waals surface area contributed by atoms with Crippen LogP contribution in [0.2, 0.25) is 0 Å². The predicted molar refractivity (Wildman–Crippen MR) is 160 cm³/mol. The van der Waals surface area contributed by atoms with E-state index in [0.29, 0.717) is 18.7 Å². The summed E-state index contributed by atoms with van der Waals surface area (Å²) < 4.78 is 31.5. The summed E-state index contributed by atoms with van der Waals surface area (Å²) in [6.07, 6.45) is 0.606. The first-order chi connectivity index (χ1) is 19.1. The van der Waals surface area contributed by atoms with E-state index in [1.807, 2.05) is 63.2 Å². The number of rotatable bonds is 7. The molecular weight excluding hydrogens is 540 g/mol. The summed E-state index contributed by atoms with van der Waals surface area (Å²) in [5.41, 5.74) is 2.21. The Morgan fingerprint density at radius 1 is 1.05 bits per heavy atom. The van der Waals surface area contributed by atoms with E-state index in [0.717, 1.165) is 16.7 Å². The fourth-order valence-electron chi connectivity index (χ4n) is 6.57. The summed E-state index contributed by atoms with van der Waals surface area (Å²) in [5, 5.41) is 13.1. The fraction of sp³-hybridized carbons (Fsp3) is 0.562. The van der Waals surface area contributed by atoms with Crippen LogP contribution < -0.4 is 10.1 Å². The molecule has 2 fully saturated rings. The van der Waals surface area contributed by atoms with Gasteiger partial charge in [-0.05, 0) is 40.9 Å². The minimum atomic E-state index is -3.65. The zero-order chi connectivity index (χ0) is 30.3. The molecule has 2 N–H and O–H groups in total. The van der Waals surface area contributed by atoms with E-state index in [4.69, 9.17) is 4.74 Å². The maximum Gasteiger partial charge on any atom is 0.326 e. The number of carboxylic acids is 1. The number of nitrogens with zero attached hydrogens (tertiary/aromatic N) is 1. The third-order valence-corrected chi connectivity index (χ3v) is 10.8. The van der Waals surface area contributed by atoms with Gasteiger partial charge in [0, 0.05) is 24.1 Å². The molecule has 2 saturated heterocycles. The van der Waals surface area contributed by atoms with E-state index >= 15 is 0 Å². The summed E-state index contributed by atoms with van der Waals surface area (Å²) in [4.78, 5) is 28.5. The molecule has 1 amide bonds. The molecule has 41 heavy (non-hydrogen) atoms. The maximum atomic E-state index is 14.1. The summed E-state index contributed by atoms with van der Waals surface area (Å²) in [5.74, 6) is -1.61. The molecule has 8 nitrogen and oxygen atoms in total. The number of benzene rings is 2. The molecule has 2 aromatic carbocycles. The van der Waals surface area contributed by atoms with Gasteiger partial charge in [0.1, 0.15) is 17.0 Å².